The standard InChI is InChI=1S/C16H21NO4S/c18-14(19)12-11-17(8-9-21-12)15(20)16(6-2-1-3-7-16)13-5-4-10-22-13/h4-5,10,12H,1-3,6-9,11H2,(H,18,19)/t12-/m0/s1. The maximum atomic E-state index is 13.2. The van der Waals surface area contributed by atoms with Gasteiger partial charge in [-0.05, 0) is 24.3 Å². The van der Waals surface area contributed by atoms with E-state index >= 15 is 0 Å². The number of nitrogens with zero attached hydrogens (tertiary/aromatic N) is 1. The molecule has 0 spiro atoms. The minimum atomic E-state index is -0.994. The van der Waals surface area contributed by atoms with Crippen molar-refractivity contribution < 1.29 is 19.4 Å². The fraction of sp³-hybridized carbons (Fsp3) is 0.625. The molecule has 0 unspecified atom stereocenters. The number of carbonyl (C=O) groups excluding carboxylic acids is 1. The number of carboxylic acids is 1. The predicted molar refractivity (Wildman–Crippen MR) is 83.0 cm³/mol. The second-order valence-corrected chi connectivity index (χ2v) is 7.02. The summed E-state index contributed by atoms with van der Waals surface area (Å²) in [6.45, 7) is 0.931. The zero-order valence-corrected chi connectivity index (χ0v) is 13.3. The molecule has 2 heterocycles. The second-order valence-electron chi connectivity index (χ2n) is 6.07. The summed E-state index contributed by atoms with van der Waals surface area (Å²) < 4.78 is 5.24. The Balaban J connectivity index is 1.85. The van der Waals surface area contributed by atoms with E-state index in [4.69, 9.17) is 9.84 Å². The van der Waals surface area contributed by atoms with E-state index in [0.29, 0.717) is 13.2 Å². The highest BCUT2D eigenvalue weighted by molar-refractivity contribution is 7.10. The summed E-state index contributed by atoms with van der Waals surface area (Å²) in [5.74, 6) is -0.907. The van der Waals surface area contributed by atoms with Gasteiger partial charge in [0.2, 0.25) is 5.91 Å². The van der Waals surface area contributed by atoms with E-state index in [0.717, 1.165) is 30.6 Å². The van der Waals surface area contributed by atoms with E-state index in [9.17, 15) is 9.59 Å². The third-order valence-electron chi connectivity index (χ3n) is 4.74. The molecule has 1 amide bonds. The van der Waals surface area contributed by atoms with Crippen LogP contribution in [0.4, 0.5) is 0 Å². The van der Waals surface area contributed by atoms with Crippen molar-refractivity contribution in [1.82, 2.24) is 4.90 Å². The van der Waals surface area contributed by atoms with Crippen LogP contribution in [0.25, 0.3) is 0 Å². The number of ether oxygens (including phenoxy) is 1. The van der Waals surface area contributed by atoms with Gasteiger partial charge in [-0.1, -0.05) is 25.3 Å². The summed E-state index contributed by atoms with van der Waals surface area (Å²) in [6, 6.07) is 4.03. The molecule has 1 aliphatic heterocycles. The van der Waals surface area contributed by atoms with Gasteiger partial charge < -0.3 is 14.7 Å². The van der Waals surface area contributed by atoms with Gasteiger partial charge in [0.05, 0.1) is 18.6 Å². The van der Waals surface area contributed by atoms with Crippen molar-refractivity contribution in [2.75, 3.05) is 19.7 Å². The first-order valence-electron chi connectivity index (χ1n) is 7.81. The zero-order chi connectivity index (χ0) is 15.6. The average molecular weight is 323 g/mol. The summed E-state index contributed by atoms with van der Waals surface area (Å²) in [5.41, 5.74) is -0.452. The Bertz CT molecular complexity index is 536. The van der Waals surface area contributed by atoms with E-state index in [1.54, 1.807) is 16.2 Å². The number of hydrogen-bond donors (Lipinski definition) is 1. The highest BCUT2D eigenvalue weighted by Crippen LogP contribution is 2.43. The molecule has 0 aromatic carbocycles. The molecule has 1 atom stereocenters. The molecule has 0 bridgehead atoms. The van der Waals surface area contributed by atoms with Crippen LogP contribution in [-0.2, 0) is 19.7 Å². The average Bonchev–Trinajstić information content (AvgIpc) is 3.10. The maximum absolute atomic E-state index is 13.2. The molecule has 1 aromatic rings. The predicted octanol–water partition coefficient (Wildman–Crippen LogP) is 2.26. The lowest BCUT2D eigenvalue weighted by Crippen LogP contribution is -2.55. The van der Waals surface area contributed by atoms with Crippen LogP contribution in [0, 0.1) is 0 Å². The number of hydrogen-bond acceptors (Lipinski definition) is 4. The molecular formula is C16H21NO4S. The first-order chi connectivity index (χ1) is 10.6. The minimum absolute atomic E-state index is 0.0872. The second kappa shape index (κ2) is 6.38. The van der Waals surface area contributed by atoms with Crippen molar-refractivity contribution in [3.05, 3.63) is 22.4 Å². The fourth-order valence-corrected chi connectivity index (χ4v) is 4.54. The Morgan fingerprint density at radius 2 is 2.09 bits per heavy atom. The number of amides is 1. The lowest BCUT2D eigenvalue weighted by atomic mass is 9.72. The zero-order valence-electron chi connectivity index (χ0n) is 12.5. The summed E-state index contributed by atoms with van der Waals surface area (Å²) in [6.07, 6.45) is 4.10. The van der Waals surface area contributed by atoms with Gasteiger partial charge >= 0.3 is 5.97 Å². The Labute approximate surface area is 133 Å². The number of aliphatic carboxylic acids is 1. The van der Waals surface area contributed by atoms with E-state index in [2.05, 4.69) is 0 Å². The van der Waals surface area contributed by atoms with Crippen molar-refractivity contribution in [2.45, 2.75) is 43.6 Å². The molecule has 1 aromatic heterocycles. The molecule has 0 radical (unpaired) electrons. The molecule has 1 N–H and O–H groups in total. The third-order valence-corrected chi connectivity index (χ3v) is 5.81. The van der Waals surface area contributed by atoms with Crippen LogP contribution in [0.5, 0.6) is 0 Å². The van der Waals surface area contributed by atoms with Crippen LogP contribution in [0.2, 0.25) is 0 Å². The first-order valence-corrected chi connectivity index (χ1v) is 8.69. The van der Waals surface area contributed by atoms with E-state index in [1.807, 2.05) is 17.5 Å². The molecule has 1 saturated carbocycles. The molecule has 3 rings (SSSR count). The van der Waals surface area contributed by atoms with E-state index in [-0.39, 0.29) is 12.5 Å². The van der Waals surface area contributed by atoms with Crippen molar-refractivity contribution >= 4 is 23.2 Å². The quantitative estimate of drug-likeness (QED) is 0.926. The van der Waals surface area contributed by atoms with Crippen LogP contribution in [0.1, 0.15) is 37.0 Å². The largest absolute Gasteiger partial charge is 0.479 e. The summed E-state index contributed by atoms with van der Waals surface area (Å²) >= 11 is 1.63. The van der Waals surface area contributed by atoms with E-state index < -0.39 is 17.5 Å². The van der Waals surface area contributed by atoms with Gasteiger partial charge in [-0.15, -0.1) is 11.3 Å². The number of carbonyl (C=O) groups is 2. The van der Waals surface area contributed by atoms with Crippen LogP contribution in [0.3, 0.4) is 0 Å². The highest BCUT2D eigenvalue weighted by atomic mass is 32.1. The maximum Gasteiger partial charge on any atom is 0.334 e. The third kappa shape index (κ3) is 2.77. The Kier molecular flexibility index (Phi) is 4.49. The van der Waals surface area contributed by atoms with Crippen LogP contribution < -0.4 is 0 Å². The van der Waals surface area contributed by atoms with Crippen LogP contribution in [0.15, 0.2) is 17.5 Å². The topological polar surface area (TPSA) is 66.8 Å². The minimum Gasteiger partial charge on any atom is -0.479 e. The van der Waals surface area contributed by atoms with Gasteiger partial charge in [-0.3, -0.25) is 4.79 Å². The molecule has 22 heavy (non-hydrogen) atoms. The van der Waals surface area contributed by atoms with Gasteiger partial charge in [-0.25, -0.2) is 4.79 Å². The molecule has 120 valence electrons. The van der Waals surface area contributed by atoms with Crippen molar-refractivity contribution in [2.24, 2.45) is 0 Å². The summed E-state index contributed by atoms with van der Waals surface area (Å²) in [5, 5.41) is 11.1. The Hall–Kier alpha value is -1.40. The normalized spacial score (nSPS) is 24.9. The molecule has 5 nitrogen and oxygen atoms in total. The lowest BCUT2D eigenvalue weighted by Gasteiger charge is -2.41. The monoisotopic (exact) mass is 323 g/mol. The van der Waals surface area contributed by atoms with Gasteiger partial charge in [0, 0.05) is 11.4 Å². The lowest BCUT2D eigenvalue weighted by molar-refractivity contribution is -0.161. The van der Waals surface area contributed by atoms with Gasteiger partial charge in [-0.2, -0.15) is 0 Å². The first kappa shape index (κ1) is 15.5. The molecule has 1 aliphatic carbocycles. The SMILES string of the molecule is O=C(O)[C@@H]1CN(C(=O)C2(c3cccs3)CCCCC2)CCO1. The molecule has 2 fully saturated rings. The van der Waals surface area contributed by atoms with Gasteiger partial charge in [0.25, 0.3) is 0 Å². The number of carboxylic acid groups (broad SMARTS) is 1. The van der Waals surface area contributed by atoms with E-state index in [1.165, 1.54) is 6.42 Å². The number of rotatable bonds is 3. The number of morpholine rings is 1. The van der Waals surface area contributed by atoms with Gasteiger partial charge in [0.1, 0.15) is 0 Å². The molecule has 6 heteroatoms. The number of thiophene rings is 1. The van der Waals surface area contributed by atoms with Crippen molar-refractivity contribution in [1.29, 1.82) is 0 Å². The molecular weight excluding hydrogens is 302 g/mol. The summed E-state index contributed by atoms with van der Waals surface area (Å²) in [7, 11) is 0. The van der Waals surface area contributed by atoms with Gasteiger partial charge in [0.15, 0.2) is 6.10 Å². The van der Waals surface area contributed by atoms with Crippen molar-refractivity contribution in [3.63, 3.8) is 0 Å². The smallest absolute Gasteiger partial charge is 0.334 e. The van der Waals surface area contributed by atoms with Crippen molar-refractivity contribution in [3.8, 4) is 0 Å². The molecule has 2 aliphatic rings. The highest BCUT2D eigenvalue weighted by Gasteiger charge is 2.45. The van der Waals surface area contributed by atoms with Crippen LogP contribution >= 0.6 is 11.3 Å². The fourth-order valence-electron chi connectivity index (χ4n) is 3.56. The Morgan fingerprint density at radius 1 is 1.32 bits per heavy atom. The molecule has 1 saturated heterocycles. The van der Waals surface area contributed by atoms with Crippen LogP contribution in [-0.4, -0.2) is 47.7 Å². The Morgan fingerprint density at radius 3 is 2.73 bits per heavy atom. The summed E-state index contributed by atoms with van der Waals surface area (Å²) in [4.78, 5) is 27.2.